The van der Waals surface area contributed by atoms with Gasteiger partial charge in [0, 0.05) is 5.92 Å². The molecule has 1 aliphatic rings. The van der Waals surface area contributed by atoms with Gasteiger partial charge in [0.1, 0.15) is 29.5 Å². The summed E-state index contributed by atoms with van der Waals surface area (Å²) in [7, 11) is 0. The largest absolute Gasteiger partial charge is 0.443 e. The summed E-state index contributed by atoms with van der Waals surface area (Å²) in [6.07, 6.45) is 6.16. The van der Waals surface area contributed by atoms with Gasteiger partial charge in [-0.3, -0.25) is 0 Å². The topological polar surface area (TPSA) is 142 Å². The number of benzene rings is 3. The number of aliphatic hydroxyl groups excluding tert-OH is 2. The Morgan fingerprint density at radius 2 is 1.03 bits per heavy atom. The second-order valence-corrected chi connectivity index (χ2v) is 20.4. The van der Waals surface area contributed by atoms with Crippen molar-refractivity contribution in [3.63, 3.8) is 0 Å². The second-order valence-electron chi connectivity index (χ2n) is 20.4. The summed E-state index contributed by atoms with van der Waals surface area (Å²) < 4.78 is 44.7. The molecule has 0 spiro atoms. The average Bonchev–Trinajstić information content (AvgIpc) is 3.30. The lowest BCUT2D eigenvalue weighted by Crippen LogP contribution is -2.60. The van der Waals surface area contributed by atoms with Crippen LogP contribution in [0.3, 0.4) is 0 Å². The van der Waals surface area contributed by atoms with Gasteiger partial charge in [0.05, 0.1) is 51.3 Å². The molecule has 8 atom stereocenters. The van der Waals surface area contributed by atoms with E-state index in [-0.39, 0.29) is 19.6 Å². The van der Waals surface area contributed by atoms with Gasteiger partial charge in [-0.2, -0.15) is 0 Å². The molecule has 1 fully saturated rings. The van der Waals surface area contributed by atoms with Crippen molar-refractivity contribution in [3.8, 4) is 0 Å². The lowest BCUT2D eigenvalue weighted by Gasteiger charge is -2.46. The van der Waals surface area contributed by atoms with Crippen LogP contribution in [0.15, 0.2) is 91.0 Å². The Bertz CT molecular complexity index is 1770. The van der Waals surface area contributed by atoms with Gasteiger partial charge in [0.15, 0.2) is 6.29 Å². The maximum absolute atomic E-state index is 14.1. The number of carbonyl (C=O) groups is 2. The highest BCUT2D eigenvalue weighted by Crippen LogP contribution is 2.34. The first-order chi connectivity index (χ1) is 32.6. The maximum atomic E-state index is 14.1. The van der Waals surface area contributed by atoms with Gasteiger partial charge in [0.2, 0.25) is 0 Å². The van der Waals surface area contributed by atoms with E-state index in [2.05, 4.69) is 6.92 Å². The molecule has 12 nitrogen and oxygen atoms in total. The average molecular weight is 948 g/mol. The van der Waals surface area contributed by atoms with Crippen LogP contribution in [0.4, 0.5) is 9.59 Å². The highest BCUT2D eigenvalue weighted by Gasteiger charge is 2.48. The minimum atomic E-state index is -1.63. The Kier molecular flexibility index (Phi) is 25.0. The molecule has 0 aromatic heterocycles. The summed E-state index contributed by atoms with van der Waals surface area (Å²) >= 11 is 0. The number of imide groups is 1. The Morgan fingerprint density at radius 3 is 1.49 bits per heavy atom. The van der Waals surface area contributed by atoms with Gasteiger partial charge in [-0.15, -0.1) is 0 Å². The summed E-state index contributed by atoms with van der Waals surface area (Å²) in [5, 5.41) is 23.7. The summed E-state index contributed by atoms with van der Waals surface area (Å²) in [4.78, 5) is 29.0. The predicted molar refractivity (Wildman–Crippen MR) is 266 cm³/mol. The fraction of sp³-hybridized carbons (Fsp3) is 0.643. The summed E-state index contributed by atoms with van der Waals surface area (Å²) in [6, 6.07) is 28.1. The molecule has 0 radical (unpaired) electrons. The van der Waals surface area contributed by atoms with Crippen LogP contribution in [0, 0.1) is 5.92 Å². The molecule has 3 aromatic rings. The van der Waals surface area contributed by atoms with Crippen molar-refractivity contribution >= 4 is 12.2 Å². The first-order valence-corrected chi connectivity index (χ1v) is 25.4. The van der Waals surface area contributed by atoms with Crippen LogP contribution in [-0.2, 0) is 53.0 Å². The van der Waals surface area contributed by atoms with Gasteiger partial charge in [0.25, 0.3) is 0 Å². The highest BCUT2D eigenvalue weighted by atomic mass is 16.7. The standard InChI is InChI=1S/C56H85NO11/c1-9-10-11-12-13-14-15-16-17-18-19-29-36-47(58)49(59)46(57(53(60)67-55(3,4)5)54(61)68-56(6,7)8)40-65-52-42(2)50(63-38-44-32-25-21-26-33-44)51(64-39-45-34-27-22-28-35-45)48(66-52)41-62-37-43-30-23-20-24-31-43/h20-28,30-35,42,46-52,58-59H,9-19,29,36-41H2,1-8H3/t42-,46+,47-,48?,49-,50-,51-,52+/m1/s1. The van der Waals surface area contributed by atoms with E-state index in [1.165, 1.54) is 51.4 Å². The van der Waals surface area contributed by atoms with E-state index >= 15 is 0 Å². The third-order valence-electron chi connectivity index (χ3n) is 12.0. The molecule has 0 bridgehead atoms. The molecule has 1 saturated heterocycles. The van der Waals surface area contributed by atoms with E-state index in [0.29, 0.717) is 19.6 Å². The van der Waals surface area contributed by atoms with E-state index < -0.39 is 78.8 Å². The number of hydrogen-bond donors (Lipinski definition) is 2. The molecule has 4 rings (SSSR count). The smallest absolute Gasteiger partial charge is 0.420 e. The number of carbonyl (C=O) groups excluding carboxylic acids is 2. The third kappa shape index (κ3) is 21.0. The number of aliphatic hydroxyl groups is 2. The quantitative estimate of drug-likeness (QED) is 0.0642. The van der Waals surface area contributed by atoms with Crippen molar-refractivity contribution in [3.05, 3.63) is 108 Å². The van der Waals surface area contributed by atoms with Gasteiger partial charge in [-0.25, -0.2) is 14.5 Å². The van der Waals surface area contributed by atoms with Crippen molar-refractivity contribution in [2.24, 2.45) is 5.92 Å². The number of ether oxygens (including phenoxy) is 7. The molecule has 380 valence electrons. The third-order valence-corrected chi connectivity index (χ3v) is 12.0. The van der Waals surface area contributed by atoms with Crippen molar-refractivity contribution < 1.29 is 53.0 Å². The Morgan fingerprint density at radius 1 is 0.603 bits per heavy atom. The lowest BCUT2D eigenvalue weighted by molar-refractivity contribution is -0.305. The lowest BCUT2D eigenvalue weighted by atomic mass is 9.91. The normalized spacial score (nSPS) is 20.1. The predicted octanol–water partition coefficient (Wildman–Crippen LogP) is 12.1. The molecule has 0 saturated carbocycles. The van der Waals surface area contributed by atoms with Crippen molar-refractivity contribution in [1.82, 2.24) is 4.90 Å². The first-order valence-electron chi connectivity index (χ1n) is 25.4. The zero-order valence-corrected chi connectivity index (χ0v) is 42.5. The highest BCUT2D eigenvalue weighted by molar-refractivity contribution is 5.88. The second kappa shape index (κ2) is 30.0. The number of unbranched alkanes of at least 4 members (excludes halogenated alkanes) is 11. The van der Waals surface area contributed by atoms with Crippen molar-refractivity contribution in [2.45, 2.75) is 213 Å². The van der Waals surface area contributed by atoms with E-state index in [4.69, 9.17) is 33.2 Å². The van der Waals surface area contributed by atoms with Gasteiger partial charge < -0.3 is 43.4 Å². The fourth-order valence-electron chi connectivity index (χ4n) is 8.32. The molecule has 1 unspecified atom stereocenters. The van der Waals surface area contributed by atoms with Crippen LogP contribution in [0.5, 0.6) is 0 Å². The maximum Gasteiger partial charge on any atom is 0.420 e. The first kappa shape index (κ1) is 56.7. The van der Waals surface area contributed by atoms with Crippen LogP contribution in [0.2, 0.25) is 0 Å². The van der Waals surface area contributed by atoms with Crippen LogP contribution in [-0.4, -0.2) is 94.6 Å². The molecule has 12 heteroatoms. The SMILES string of the molecule is CCCCCCCCCCCCCC[C@@H](O)[C@H](O)[C@H](CO[C@H]1OC(COCc2ccccc2)[C@@H](OCc2ccccc2)[C@H](OCc2ccccc2)[C@H]1C)N(C(=O)OC(C)(C)C)C(=O)OC(C)(C)C. The van der Waals surface area contributed by atoms with E-state index in [9.17, 15) is 19.8 Å². The molecule has 3 aromatic carbocycles. The number of hydrogen-bond acceptors (Lipinski definition) is 11. The van der Waals surface area contributed by atoms with Gasteiger partial charge >= 0.3 is 12.2 Å². The zero-order valence-electron chi connectivity index (χ0n) is 42.5. The molecule has 2 N–H and O–H groups in total. The minimum Gasteiger partial charge on any atom is -0.443 e. The Labute approximate surface area is 408 Å². The molecular formula is C56H85NO11. The Hall–Kier alpha value is -3.88. The van der Waals surface area contributed by atoms with Gasteiger partial charge in [-0.05, 0) is 64.7 Å². The molecule has 2 amide bonds. The fourth-order valence-corrected chi connectivity index (χ4v) is 8.32. The zero-order chi connectivity index (χ0) is 49.4. The minimum absolute atomic E-state index is 0.123. The summed E-state index contributed by atoms with van der Waals surface area (Å²) in [5.74, 6) is -0.481. The molecule has 0 aliphatic carbocycles. The van der Waals surface area contributed by atoms with E-state index in [0.717, 1.165) is 40.9 Å². The van der Waals surface area contributed by atoms with Crippen molar-refractivity contribution in [2.75, 3.05) is 13.2 Å². The summed E-state index contributed by atoms with van der Waals surface area (Å²) in [5.41, 5.74) is 0.929. The van der Waals surface area contributed by atoms with Crippen molar-refractivity contribution in [1.29, 1.82) is 0 Å². The van der Waals surface area contributed by atoms with Crippen LogP contribution in [0.25, 0.3) is 0 Å². The molecule has 1 aliphatic heterocycles. The van der Waals surface area contributed by atoms with Crippen LogP contribution >= 0.6 is 0 Å². The Balaban J connectivity index is 1.59. The summed E-state index contributed by atoms with van der Waals surface area (Å²) in [6.45, 7) is 14.9. The number of amides is 2. The van der Waals surface area contributed by atoms with Gasteiger partial charge in [-0.1, -0.05) is 182 Å². The molecule has 1 heterocycles. The van der Waals surface area contributed by atoms with E-state index in [1.54, 1.807) is 41.5 Å². The van der Waals surface area contributed by atoms with E-state index in [1.807, 2.05) is 97.9 Å². The number of nitrogens with zero attached hydrogens (tertiary/aromatic N) is 1. The monoisotopic (exact) mass is 948 g/mol. The molecular weight excluding hydrogens is 863 g/mol. The molecule has 68 heavy (non-hydrogen) atoms. The van der Waals surface area contributed by atoms with Crippen LogP contribution < -0.4 is 0 Å². The van der Waals surface area contributed by atoms with Crippen LogP contribution in [0.1, 0.15) is 156 Å². The number of rotatable bonds is 29.